The van der Waals surface area contributed by atoms with Crippen LogP contribution in [0.1, 0.15) is 37.7 Å². The third-order valence-corrected chi connectivity index (χ3v) is 5.15. The van der Waals surface area contributed by atoms with Crippen LogP contribution in [0.4, 0.5) is 13.6 Å². The summed E-state index contributed by atoms with van der Waals surface area (Å²) in [7, 11) is 1.63. The normalized spacial score (nSPS) is 27.9. The number of hydrogen-bond acceptors (Lipinski definition) is 3. The summed E-state index contributed by atoms with van der Waals surface area (Å²) in [5.41, 5.74) is 0.139. The van der Waals surface area contributed by atoms with E-state index in [4.69, 9.17) is 4.74 Å². The minimum Gasteiger partial charge on any atom is -0.383 e. The first-order chi connectivity index (χ1) is 11.4. The molecule has 6 nitrogen and oxygen atoms in total. The summed E-state index contributed by atoms with van der Waals surface area (Å²) in [6, 6.07) is -0.278. The second kappa shape index (κ2) is 6.66. The third-order valence-electron chi connectivity index (χ3n) is 5.15. The molecule has 8 heteroatoms. The molecule has 2 N–H and O–H groups in total. The Morgan fingerprint density at radius 2 is 2.17 bits per heavy atom. The predicted molar refractivity (Wildman–Crippen MR) is 83.7 cm³/mol. The molecule has 1 aromatic heterocycles. The molecular weight excluding hydrogens is 318 g/mol. The van der Waals surface area contributed by atoms with Crippen LogP contribution in [-0.2, 0) is 17.8 Å². The number of nitrogens with zero attached hydrogens (tertiary/aromatic N) is 2. The summed E-state index contributed by atoms with van der Waals surface area (Å²) >= 11 is 0. The van der Waals surface area contributed by atoms with Gasteiger partial charge in [0.25, 0.3) is 5.92 Å². The lowest BCUT2D eigenvalue weighted by Crippen LogP contribution is -2.44. The molecule has 0 radical (unpaired) electrons. The summed E-state index contributed by atoms with van der Waals surface area (Å²) < 4.78 is 33.4. The zero-order valence-corrected chi connectivity index (χ0v) is 13.9. The van der Waals surface area contributed by atoms with E-state index in [9.17, 15) is 13.6 Å². The fraction of sp³-hybridized carbons (Fsp3) is 0.750. The predicted octanol–water partition coefficient (Wildman–Crippen LogP) is 2.30. The number of nitrogens with one attached hydrogen (secondary N) is 2. The number of carbonyl (C=O) groups is 1. The van der Waals surface area contributed by atoms with Crippen molar-refractivity contribution in [2.45, 2.75) is 57.2 Å². The second-order valence-corrected chi connectivity index (χ2v) is 6.87. The molecule has 2 aliphatic carbocycles. The maximum atomic E-state index is 13.3. The van der Waals surface area contributed by atoms with Gasteiger partial charge in [-0.3, -0.25) is 4.68 Å². The summed E-state index contributed by atoms with van der Waals surface area (Å²) in [4.78, 5) is 12.0. The minimum atomic E-state index is -2.48. The van der Waals surface area contributed by atoms with Crippen molar-refractivity contribution >= 4 is 6.03 Å². The highest BCUT2D eigenvalue weighted by Crippen LogP contribution is 2.67. The highest BCUT2D eigenvalue weighted by molar-refractivity contribution is 5.74. The Balaban J connectivity index is 1.37. The number of hydrogen-bond donors (Lipinski definition) is 2. The van der Waals surface area contributed by atoms with E-state index >= 15 is 0 Å². The molecule has 2 fully saturated rings. The summed E-state index contributed by atoms with van der Waals surface area (Å²) in [6.07, 6.45) is 5.82. The first-order valence-corrected chi connectivity index (χ1v) is 8.37. The molecule has 2 saturated carbocycles. The summed E-state index contributed by atoms with van der Waals surface area (Å²) in [5, 5.41) is 9.84. The van der Waals surface area contributed by atoms with Crippen LogP contribution in [-0.4, -0.2) is 41.5 Å². The number of amides is 2. The van der Waals surface area contributed by atoms with E-state index in [1.165, 1.54) is 0 Å². The molecule has 1 heterocycles. The molecule has 0 bridgehead atoms. The standard InChI is InChI=1S/C16H24F2N4O2/c1-24-7-6-22-10-12(9-20-22)8-19-14(23)21-13-2-4-15(5-3-13)11-16(15,17)18/h9-10,13H,2-8,11H2,1H3,(H2,19,21,23). The first-order valence-electron chi connectivity index (χ1n) is 8.37. The number of carbonyl (C=O) groups excluding carboxylic acids is 1. The number of aromatic nitrogens is 2. The van der Waals surface area contributed by atoms with Crippen LogP contribution >= 0.6 is 0 Å². The van der Waals surface area contributed by atoms with Gasteiger partial charge in [-0.05, 0) is 25.7 Å². The molecule has 1 aromatic rings. The summed E-state index contributed by atoms with van der Waals surface area (Å²) in [5.74, 6) is -2.48. The molecule has 0 unspecified atom stereocenters. The highest BCUT2D eigenvalue weighted by Gasteiger charge is 2.70. The smallest absolute Gasteiger partial charge is 0.315 e. The van der Waals surface area contributed by atoms with Crippen molar-refractivity contribution in [3.8, 4) is 0 Å². The molecule has 1 spiro atoms. The Bertz CT molecular complexity index is 582. The second-order valence-electron chi connectivity index (χ2n) is 6.87. The van der Waals surface area contributed by atoms with Crippen LogP contribution in [0, 0.1) is 5.41 Å². The molecule has 0 saturated heterocycles. The molecule has 3 rings (SSSR count). The largest absolute Gasteiger partial charge is 0.383 e. The fourth-order valence-corrected chi connectivity index (χ4v) is 3.46. The number of halogens is 2. The Hall–Kier alpha value is -1.70. The molecule has 2 aliphatic rings. The first kappa shape index (κ1) is 17.1. The maximum Gasteiger partial charge on any atom is 0.315 e. The van der Waals surface area contributed by atoms with Crippen molar-refractivity contribution in [2.75, 3.05) is 13.7 Å². The van der Waals surface area contributed by atoms with E-state index in [1.807, 2.05) is 6.20 Å². The van der Waals surface area contributed by atoms with Crippen LogP contribution < -0.4 is 10.6 Å². The average Bonchev–Trinajstić information content (AvgIpc) is 2.88. The van der Waals surface area contributed by atoms with Gasteiger partial charge < -0.3 is 15.4 Å². The number of rotatable bonds is 6. The number of alkyl halides is 2. The van der Waals surface area contributed by atoms with Gasteiger partial charge in [0.15, 0.2) is 0 Å². The highest BCUT2D eigenvalue weighted by atomic mass is 19.3. The van der Waals surface area contributed by atoms with Crippen LogP contribution in [0.2, 0.25) is 0 Å². The molecule has 2 amide bonds. The molecular formula is C16H24F2N4O2. The number of methoxy groups -OCH3 is 1. The van der Waals surface area contributed by atoms with E-state index in [0.717, 1.165) is 5.56 Å². The van der Waals surface area contributed by atoms with Crippen molar-refractivity contribution in [3.05, 3.63) is 18.0 Å². The van der Waals surface area contributed by atoms with Gasteiger partial charge in [-0.1, -0.05) is 0 Å². The SMILES string of the molecule is COCCn1cc(CNC(=O)NC2CCC3(CC2)CC3(F)F)cn1. The molecule has 24 heavy (non-hydrogen) atoms. The van der Waals surface area contributed by atoms with E-state index in [-0.39, 0.29) is 18.5 Å². The van der Waals surface area contributed by atoms with Gasteiger partial charge in [-0.2, -0.15) is 5.10 Å². The molecule has 134 valence electrons. The van der Waals surface area contributed by atoms with Crippen LogP contribution in [0.25, 0.3) is 0 Å². The zero-order valence-electron chi connectivity index (χ0n) is 13.9. The molecule has 0 atom stereocenters. The molecule has 0 aromatic carbocycles. The van der Waals surface area contributed by atoms with Gasteiger partial charge in [0, 0.05) is 43.3 Å². The van der Waals surface area contributed by atoms with E-state index in [2.05, 4.69) is 15.7 Å². The van der Waals surface area contributed by atoms with E-state index < -0.39 is 11.3 Å². The third kappa shape index (κ3) is 3.68. The number of urea groups is 1. The van der Waals surface area contributed by atoms with Crippen molar-refractivity contribution < 1.29 is 18.3 Å². The quantitative estimate of drug-likeness (QED) is 0.833. The Kier molecular flexibility index (Phi) is 4.76. The van der Waals surface area contributed by atoms with Crippen molar-refractivity contribution in [3.63, 3.8) is 0 Å². The van der Waals surface area contributed by atoms with Crippen LogP contribution in [0.15, 0.2) is 12.4 Å². The van der Waals surface area contributed by atoms with Gasteiger partial charge in [-0.25, -0.2) is 13.6 Å². The Labute approximate surface area is 139 Å². The van der Waals surface area contributed by atoms with E-state index in [0.29, 0.717) is 45.4 Å². The monoisotopic (exact) mass is 342 g/mol. The lowest BCUT2D eigenvalue weighted by atomic mass is 9.83. The van der Waals surface area contributed by atoms with Crippen molar-refractivity contribution in [2.24, 2.45) is 5.41 Å². The maximum absolute atomic E-state index is 13.3. The van der Waals surface area contributed by atoms with Gasteiger partial charge in [0.2, 0.25) is 0 Å². The average molecular weight is 342 g/mol. The van der Waals surface area contributed by atoms with Crippen molar-refractivity contribution in [1.29, 1.82) is 0 Å². The van der Waals surface area contributed by atoms with Crippen LogP contribution in [0.3, 0.4) is 0 Å². The number of ether oxygens (including phenoxy) is 1. The van der Waals surface area contributed by atoms with Gasteiger partial charge in [0.05, 0.1) is 19.3 Å². The van der Waals surface area contributed by atoms with Gasteiger partial charge in [0.1, 0.15) is 0 Å². The van der Waals surface area contributed by atoms with Gasteiger partial charge in [-0.15, -0.1) is 0 Å². The van der Waals surface area contributed by atoms with Crippen LogP contribution in [0.5, 0.6) is 0 Å². The Morgan fingerprint density at radius 1 is 1.46 bits per heavy atom. The lowest BCUT2D eigenvalue weighted by Gasteiger charge is -2.29. The minimum absolute atomic E-state index is 0.0172. The zero-order chi connectivity index (χ0) is 17.2. The van der Waals surface area contributed by atoms with E-state index in [1.54, 1.807) is 18.0 Å². The fourth-order valence-electron chi connectivity index (χ4n) is 3.46. The topological polar surface area (TPSA) is 68.2 Å². The summed E-state index contributed by atoms with van der Waals surface area (Å²) in [6.45, 7) is 1.63. The van der Waals surface area contributed by atoms with Crippen molar-refractivity contribution in [1.82, 2.24) is 20.4 Å². The van der Waals surface area contributed by atoms with Gasteiger partial charge >= 0.3 is 6.03 Å². The Morgan fingerprint density at radius 3 is 2.79 bits per heavy atom. The molecule has 0 aliphatic heterocycles. The lowest BCUT2D eigenvalue weighted by molar-refractivity contribution is 0.0445.